The van der Waals surface area contributed by atoms with Crippen LogP contribution < -0.4 is 9.30 Å². The summed E-state index contributed by atoms with van der Waals surface area (Å²) >= 11 is 0. The minimum Gasteiger partial charge on any atom is -0.482 e. The number of ether oxygens (including phenoxy) is 1. The molecule has 5 aromatic rings. The lowest BCUT2D eigenvalue weighted by atomic mass is 10.1. The Hall–Kier alpha value is -4.12. The van der Waals surface area contributed by atoms with Crippen molar-refractivity contribution in [3.8, 4) is 5.75 Å². The van der Waals surface area contributed by atoms with Crippen LogP contribution in [-0.4, -0.2) is 22.2 Å². The van der Waals surface area contributed by atoms with Gasteiger partial charge in [-0.2, -0.15) is 4.57 Å². The molecule has 5 nitrogen and oxygen atoms in total. The van der Waals surface area contributed by atoms with Crippen LogP contribution in [0.15, 0.2) is 91.1 Å². The number of fused-ring (bicyclic) bond motifs is 3. The highest BCUT2D eigenvalue weighted by atomic mass is 16.5. The van der Waals surface area contributed by atoms with Crippen LogP contribution in [0.25, 0.3) is 21.8 Å². The van der Waals surface area contributed by atoms with Crippen LogP contribution in [0.2, 0.25) is 0 Å². The first-order chi connectivity index (χ1) is 17.1. The quantitative estimate of drug-likeness (QED) is 0.291. The van der Waals surface area contributed by atoms with Crippen molar-refractivity contribution in [3.05, 3.63) is 108 Å². The Morgan fingerprint density at radius 3 is 2.34 bits per heavy atom. The number of rotatable bonds is 9. The number of aliphatic carboxylic acids is 1. The summed E-state index contributed by atoms with van der Waals surface area (Å²) in [6.07, 6.45) is 4.15. The van der Waals surface area contributed by atoms with Crippen LogP contribution in [0.5, 0.6) is 5.75 Å². The van der Waals surface area contributed by atoms with E-state index >= 15 is 0 Å². The molecule has 0 amide bonds. The molecule has 0 radical (unpaired) electrons. The molecule has 5 rings (SSSR count). The van der Waals surface area contributed by atoms with E-state index in [9.17, 15) is 4.79 Å². The summed E-state index contributed by atoms with van der Waals surface area (Å²) in [7, 11) is 0. The number of nitrogens with zero attached hydrogens (tertiary/aromatic N) is 2. The lowest BCUT2D eigenvalue weighted by Gasteiger charge is -2.10. The first kappa shape index (κ1) is 22.7. The monoisotopic (exact) mass is 465 g/mol. The second kappa shape index (κ2) is 10.0. The average molecular weight is 466 g/mol. The largest absolute Gasteiger partial charge is 0.482 e. The second-order valence-electron chi connectivity index (χ2n) is 8.88. The van der Waals surface area contributed by atoms with Gasteiger partial charge in [0.1, 0.15) is 11.3 Å². The Labute approximate surface area is 204 Å². The third kappa shape index (κ3) is 4.90. The topological polar surface area (TPSA) is 55.3 Å². The molecule has 2 heterocycles. The lowest BCUT2D eigenvalue weighted by molar-refractivity contribution is -0.693. The molecule has 0 aliphatic carbocycles. The zero-order valence-electron chi connectivity index (χ0n) is 19.9. The first-order valence-electron chi connectivity index (χ1n) is 12.0. The molecule has 0 unspecified atom stereocenters. The fourth-order valence-electron chi connectivity index (χ4n) is 4.83. The van der Waals surface area contributed by atoms with Crippen LogP contribution in [0.3, 0.4) is 0 Å². The molecule has 0 saturated heterocycles. The summed E-state index contributed by atoms with van der Waals surface area (Å²) < 4.78 is 10.2. The molecule has 0 atom stereocenters. The van der Waals surface area contributed by atoms with Crippen molar-refractivity contribution < 1.29 is 19.2 Å². The molecule has 0 bridgehead atoms. The van der Waals surface area contributed by atoms with E-state index in [2.05, 4.69) is 76.9 Å². The molecule has 0 spiro atoms. The zero-order valence-corrected chi connectivity index (χ0v) is 19.9. The Bertz CT molecular complexity index is 1470. The molecule has 2 aromatic heterocycles. The van der Waals surface area contributed by atoms with Crippen molar-refractivity contribution in [3.63, 3.8) is 0 Å². The zero-order chi connectivity index (χ0) is 24.2. The van der Waals surface area contributed by atoms with Crippen LogP contribution in [0.4, 0.5) is 0 Å². The number of aryl methyl sites for hydroxylation is 3. The molecule has 0 aliphatic rings. The number of hydrogen-bond donors (Lipinski definition) is 1. The summed E-state index contributed by atoms with van der Waals surface area (Å²) in [5, 5.41) is 11.4. The molecule has 0 saturated carbocycles. The summed E-state index contributed by atoms with van der Waals surface area (Å²) in [6, 6.07) is 29.1. The van der Waals surface area contributed by atoms with Gasteiger partial charge in [0.25, 0.3) is 0 Å². The lowest BCUT2D eigenvalue weighted by Crippen LogP contribution is -2.37. The van der Waals surface area contributed by atoms with Gasteiger partial charge in [0.05, 0.1) is 5.52 Å². The van der Waals surface area contributed by atoms with Crippen LogP contribution in [-0.2, 0) is 24.3 Å². The molecule has 3 aromatic carbocycles. The van der Waals surface area contributed by atoms with Crippen molar-refractivity contribution in [1.29, 1.82) is 0 Å². The van der Waals surface area contributed by atoms with Crippen LogP contribution in [0, 0.1) is 6.92 Å². The highest BCUT2D eigenvalue weighted by Gasteiger charge is 2.20. The van der Waals surface area contributed by atoms with Gasteiger partial charge in [-0.15, -0.1) is 0 Å². The van der Waals surface area contributed by atoms with Crippen molar-refractivity contribution in [2.75, 3.05) is 6.61 Å². The van der Waals surface area contributed by atoms with E-state index in [1.807, 2.05) is 30.3 Å². The first-order valence-corrected chi connectivity index (χ1v) is 12.0. The minimum atomic E-state index is -0.980. The third-order valence-electron chi connectivity index (χ3n) is 6.52. The van der Waals surface area contributed by atoms with E-state index in [0.717, 1.165) is 36.8 Å². The maximum absolute atomic E-state index is 11.0. The molecule has 5 heteroatoms. The van der Waals surface area contributed by atoms with Crippen molar-refractivity contribution in [2.45, 2.75) is 32.9 Å². The van der Waals surface area contributed by atoms with Crippen molar-refractivity contribution in [2.24, 2.45) is 0 Å². The summed E-state index contributed by atoms with van der Waals surface area (Å²) in [6.45, 7) is 3.49. The molecule has 176 valence electrons. The Morgan fingerprint density at radius 1 is 0.914 bits per heavy atom. The third-order valence-corrected chi connectivity index (χ3v) is 6.52. The van der Waals surface area contributed by atoms with Crippen LogP contribution >= 0.6 is 0 Å². The van der Waals surface area contributed by atoms with Gasteiger partial charge < -0.3 is 14.4 Å². The SMILES string of the molecule is Cc1c2c(cc[n+]1Cc1ccccc1)c1ccc(OCC(=O)O)cc1n2CCCc1ccccc1. The van der Waals surface area contributed by atoms with Gasteiger partial charge >= 0.3 is 5.97 Å². The molecule has 0 aliphatic heterocycles. The maximum Gasteiger partial charge on any atom is 0.341 e. The normalized spacial score (nSPS) is 11.2. The highest BCUT2D eigenvalue weighted by molar-refractivity contribution is 6.08. The predicted molar refractivity (Wildman–Crippen MR) is 138 cm³/mol. The molecular weight excluding hydrogens is 436 g/mol. The van der Waals surface area contributed by atoms with E-state index < -0.39 is 5.97 Å². The Balaban J connectivity index is 1.57. The van der Waals surface area contributed by atoms with Crippen LogP contribution in [0.1, 0.15) is 23.2 Å². The number of carbonyl (C=O) groups is 1. The van der Waals surface area contributed by atoms with E-state index in [4.69, 9.17) is 9.84 Å². The van der Waals surface area contributed by atoms with Gasteiger partial charge in [0.2, 0.25) is 5.69 Å². The average Bonchev–Trinajstić information content (AvgIpc) is 3.19. The van der Waals surface area contributed by atoms with Gasteiger partial charge in [0, 0.05) is 41.9 Å². The predicted octanol–water partition coefficient (Wildman–Crippen LogP) is 5.53. The summed E-state index contributed by atoms with van der Waals surface area (Å²) in [4.78, 5) is 11.0. The molecule has 35 heavy (non-hydrogen) atoms. The summed E-state index contributed by atoms with van der Waals surface area (Å²) in [5.74, 6) is -0.409. The van der Waals surface area contributed by atoms with E-state index in [-0.39, 0.29) is 6.61 Å². The molecular formula is C30H29N2O3+. The molecule has 0 fully saturated rings. The summed E-state index contributed by atoms with van der Waals surface area (Å²) in [5.41, 5.74) is 6.07. The van der Waals surface area contributed by atoms with Gasteiger partial charge in [-0.25, -0.2) is 4.79 Å². The number of carboxylic acid groups (broad SMARTS) is 1. The fraction of sp³-hybridized carbons (Fsp3) is 0.200. The second-order valence-corrected chi connectivity index (χ2v) is 8.88. The van der Waals surface area contributed by atoms with Gasteiger partial charge in [-0.3, -0.25) is 0 Å². The highest BCUT2D eigenvalue weighted by Crippen LogP contribution is 2.33. The fourth-order valence-corrected chi connectivity index (χ4v) is 4.83. The number of pyridine rings is 1. The van der Waals surface area contributed by atoms with Crippen molar-refractivity contribution in [1.82, 2.24) is 4.57 Å². The molecule has 1 N–H and O–H groups in total. The Kier molecular flexibility index (Phi) is 6.49. The van der Waals surface area contributed by atoms with E-state index in [1.54, 1.807) is 0 Å². The van der Waals surface area contributed by atoms with Gasteiger partial charge in [-0.1, -0.05) is 60.7 Å². The number of carboxylic acids is 1. The number of benzene rings is 3. The van der Waals surface area contributed by atoms with E-state index in [1.165, 1.54) is 27.7 Å². The van der Waals surface area contributed by atoms with E-state index in [0.29, 0.717) is 5.75 Å². The number of hydrogen-bond acceptors (Lipinski definition) is 2. The van der Waals surface area contributed by atoms with Gasteiger partial charge in [-0.05, 0) is 30.5 Å². The maximum atomic E-state index is 11.0. The van der Waals surface area contributed by atoms with Crippen molar-refractivity contribution >= 4 is 27.8 Å². The Morgan fingerprint density at radius 2 is 1.63 bits per heavy atom. The standard InChI is InChI=1S/C30H28N2O3/c1-22-30-27(16-18-31(22)20-24-11-6-3-7-12-24)26-15-14-25(35-21-29(33)34)19-28(26)32(30)17-8-13-23-9-4-2-5-10-23/h2-7,9-12,14-16,18-19H,8,13,17,20-21H2,1H3/p+1. The smallest absolute Gasteiger partial charge is 0.341 e. The number of aromatic nitrogens is 2. The van der Waals surface area contributed by atoms with Gasteiger partial charge in [0.15, 0.2) is 19.3 Å². The minimum absolute atomic E-state index is 0.351.